The van der Waals surface area contributed by atoms with Crippen LogP contribution in [0.2, 0.25) is 0 Å². The van der Waals surface area contributed by atoms with E-state index in [1.807, 2.05) is 5.38 Å². The molecule has 1 amide bonds. The Morgan fingerprint density at radius 2 is 2.28 bits per heavy atom. The Kier molecular flexibility index (Phi) is 6.39. The zero-order valence-electron chi connectivity index (χ0n) is 14.8. The third-order valence-electron chi connectivity index (χ3n) is 5.31. The van der Waals surface area contributed by atoms with Crippen LogP contribution in [0, 0.1) is 17.8 Å². The lowest BCUT2D eigenvalue weighted by atomic mass is 9.84. The maximum Gasteiger partial charge on any atom is 0.311 e. The van der Waals surface area contributed by atoms with Crippen LogP contribution < -0.4 is 5.32 Å². The van der Waals surface area contributed by atoms with E-state index in [0.717, 1.165) is 16.2 Å². The molecule has 2 aliphatic carbocycles. The van der Waals surface area contributed by atoms with E-state index < -0.39 is 0 Å². The minimum Gasteiger partial charge on any atom is -0.466 e. The average molecular weight is 383 g/mol. The SMILES string of the molecule is CCOC(=O)Cc1csc(SCC(=O)N[C@@H](C)[C@H]2C[C@H]3CC[C@H]2C3)n1. The molecule has 2 aliphatic rings. The lowest BCUT2D eigenvalue weighted by Gasteiger charge is -2.28. The lowest BCUT2D eigenvalue weighted by Crippen LogP contribution is -2.40. The second kappa shape index (κ2) is 8.54. The molecule has 2 fully saturated rings. The molecule has 0 aromatic carbocycles. The largest absolute Gasteiger partial charge is 0.466 e. The maximum atomic E-state index is 12.2. The molecule has 5 nitrogen and oxygen atoms in total. The van der Waals surface area contributed by atoms with Gasteiger partial charge in [-0.25, -0.2) is 4.98 Å². The van der Waals surface area contributed by atoms with E-state index in [1.165, 1.54) is 48.8 Å². The first-order chi connectivity index (χ1) is 12.0. The molecule has 2 bridgehead atoms. The Labute approximate surface area is 157 Å². The molecule has 1 aromatic rings. The summed E-state index contributed by atoms with van der Waals surface area (Å²) >= 11 is 2.90. The van der Waals surface area contributed by atoms with E-state index in [-0.39, 0.29) is 24.3 Å². The lowest BCUT2D eigenvalue weighted by molar-refractivity contribution is -0.142. The summed E-state index contributed by atoms with van der Waals surface area (Å²) in [4.78, 5) is 28.1. The molecule has 7 heteroatoms. The standard InChI is InChI=1S/C18H26N2O3S2/c1-3-23-17(22)8-14-9-24-18(20-14)25-10-16(21)19-11(2)15-7-12-4-5-13(15)6-12/h9,11-13,15H,3-8,10H2,1-2H3,(H,19,21)/t11-,12-,13-,15+/m0/s1. The minimum atomic E-state index is -0.262. The van der Waals surface area contributed by atoms with Gasteiger partial charge in [-0.05, 0) is 50.9 Å². The highest BCUT2D eigenvalue weighted by Gasteiger charge is 2.42. The van der Waals surface area contributed by atoms with Crippen LogP contribution in [0.15, 0.2) is 9.72 Å². The van der Waals surface area contributed by atoms with Gasteiger partial charge in [0.05, 0.1) is 24.5 Å². The summed E-state index contributed by atoms with van der Waals surface area (Å²) in [5.74, 6) is 2.56. The Bertz CT molecular complexity index is 619. The summed E-state index contributed by atoms with van der Waals surface area (Å²) in [7, 11) is 0. The van der Waals surface area contributed by atoms with Gasteiger partial charge in [0, 0.05) is 11.4 Å². The molecular formula is C18H26N2O3S2. The van der Waals surface area contributed by atoms with E-state index in [2.05, 4.69) is 17.2 Å². The molecule has 1 N–H and O–H groups in total. The fraction of sp³-hybridized carbons (Fsp3) is 0.722. The number of fused-ring (bicyclic) bond motifs is 2. The second-order valence-electron chi connectivity index (χ2n) is 7.07. The predicted octanol–water partition coefficient (Wildman–Crippen LogP) is 3.28. The summed E-state index contributed by atoms with van der Waals surface area (Å²) in [5, 5.41) is 5.03. The number of nitrogens with zero attached hydrogens (tertiary/aromatic N) is 1. The van der Waals surface area contributed by atoms with Crippen molar-refractivity contribution in [3.63, 3.8) is 0 Å². The highest BCUT2D eigenvalue weighted by Crippen LogP contribution is 2.49. The molecule has 0 spiro atoms. The van der Waals surface area contributed by atoms with Gasteiger partial charge in [0.25, 0.3) is 0 Å². The van der Waals surface area contributed by atoms with Gasteiger partial charge in [-0.1, -0.05) is 18.2 Å². The van der Waals surface area contributed by atoms with Gasteiger partial charge < -0.3 is 10.1 Å². The normalized spacial score (nSPS) is 25.8. The van der Waals surface area contributed by atoms with Crippen molar-refractivity contribution in [3.8, 4) is 0 Å². The molecule has 25 heavy (non-hydrogen) atoms. The first-order valence-corrected chi connectivity index (χ1v) is 10.9. The van der Waals surface area contributed by atoms with E-state index in [1.54, 1.807) is 6.92 Å². The third-order valence-corrected chi connectivity index (χ3v) is 7.38. The molecule has 1 heterocycles. The van der Waals surface area contributed by atoms with Crippen molar-refractivity contribution in [2.75, 3.05) is 12.4 Å². The maximum absolute atomic E-state index is 12.2. The molecule has 2 saturated carbocycles. The first kappa shape index (κ1) is 18.7. The number of carbonyl (C=O) groups excluding carboxylic acids is 2. The molecule has 1 aromatic heterocycles. The van der Waals surface area contributed by atoms with E-state index >= 15 is 0 Å². The molecule has 0 aliphatic heterocycles. The van der Waals surface area contributed by atoms with Gasteiger partial charge >= 0.3 is 5.97 Å². The number of esters is 1. The van der Waals surface area contributed by atoms with Gasteiger partial charge in [-0.3, -0.25) is 9.59 Å². The number of thiazole rings is 1. The molecule has 0 radical (unpaired) electrons. The number of rotatable bonds is 8. The Hall–Kier alpha value is -1.08. The molecule has 3 rings (SSSR count). The monoisotopic (exact) mass is 382 g/mol. The zero-order chi connectivity index (χ0) is 17.8. The fourth-order valence-electron chi connectivity index (χ4n) is 4.23. The molecular weight excluding hydrogens is 356 g/mol. The molecule has 4 atom stereocenters. The number of aromatic nitrogens is 1. The minimum absolute atomic E-state index is 0.0717. The summed E-state index contributed by atoms with van der Waals surface area (Å²) in [6.07, 6.45) is 5.56. The zero-order valence-corrected chi connectivity index (χ0v) is 16.5. The van der Waals surface area contributed by atoms with Crippen molar-refractivity contribution < 1.29 is 14.3 Å². The van der Waals surface area contributed by atoms with Crippen molar-refractivity contribution in [1.29, 1.82) is 0 Å². The fourth-order valence-corrected chi connectivity index (χ4v) is 5.89. The number of nitrogens with one attached hydrogen (secondary N) is 1. The highest BCUT2D eigenvalue weighted by atomic mass is 32.2. The Morgan fingerprint density at radius 1 is 1.44 bits per heavy atom. The summed E-state index contributed by atoms with van der Waals surface area (Å²) in [6.45, 7) is 4.32. The average Bonchev–Trinajstić information content (AvgIpc) is 3.29. The first-order valence-electron chi connectivity index (χ1n) is 9.07. The van der Waals surface area contributed by atoms with E-state index in [9.17, 15) is 9.59 Å². The Morgan fingerprint density at radius 3 is 2.96 bits per heavy atom. The molecule has 138 valence electrons. The second-order valence-corrected chi connectivity index (χ2v) is 9.15. The molecule has 0 unspecified atom stereocenters. The van der Waals surface area contributed by atoms with Crippen LogP contribution in [-0.4, -0.2) is 35.3 Å². The third kappa shape index (κ3) is 4.97. The van der Waals surface area contributed by atoms with Crippen LogP contribution in [0.5, 0.6) is 0 Å². The van der Waals surface area contributed by atoms with Crippen molar-refractivity contribution in [2.45, 2.75) is 56.3 Å². The van der Waals surface area contributed by atoms with Gasteiger partial charge in [0.1, 0.15) is 0 Å². The van der Waals surface area contributed by atoms with Crippen molar-refractivity contribution >= 4 is 35.0 Å². The number of amides is 1. The van der Waals surface area contributed by atoms with Crippen molar-refractivity contribution in [1.82, 2.24) is 10.3 Å². The number of hydrogen-bond donors (Lipinski definition) is 1. The molecule has 0 saturated heterocycles. The number of ether oxygens (including phenoxy) is 1. The highest BCUT2D eigenvalue weighted by molar-refractivity contribution is 8.01. The van der Waals surface area contributed by atoms with Crippen LogP contribution >= 0.6 is 23.1 Å². The van der Waals surface area contributed by atoms with Gasteiger partial charge in [0.15, 0.2) is 4.34 Å². The Balaban J connectivity index is 1.40. The number of hydrogen-bond acceptors (Lipinski definition) is 6. The van der Waals surface area contributed by atoms with Crippen molar-refractivity contribution in [3.05, 3.63) is 11.1 Å². The van der Waals surface area contributed by atoms with Gasteiger partial charge in [-0.2, -0.15) is 0 Å². The predicted molar refractivity (Wildman–Crippen MR) is 99.7 cm³/mol. The van der Waals surface area contributed by atoms with Crippen LogP contribution in [0.3, 0.4) is 0 Å². The van der Waals surface area contributed by atoms with Crippen LogP contribution in [-0.2, 0) is 20.7 Å². The van der Waals surface area contributed by atoms with E-state index in [0.29, 0.717) is 24.0 Å². The summed E-state index contributed by atoms with van der Waals surface area (Å²) < 4.78 is 5.74. The van der Waals surface area contributed by atoms with Crippen molar-refractivity contribution in [2.24, 2.45) is 17.8 Å². The number of thioether (sulfide) groups is 1. The topological polar surface area (TPSA) is 68.3 Å². The van der Waals surface area contributed by atoms with Crippen LogP contribution in [0.4, 0.5) is 0 Å². The van der Waals surface area contributed by atoms with Gasteiger partial charge in [-0.15, -0.1) is 11.3 Å². The van der Waals surface area contributed by atoms with Crippen LogP contribution in [0.1, 0.15) is 45.2 Å². The van der Waals surface area contributed by atoms with E-state index in [4.69, 9.17) is 4.74 Å². The van der Waals surface area contributed by atoms with Crippen LogP contribution in [0.25, 0.3) is 0 Å². The smallest absolute Gasteiger partial charge is 0.311 e. The quantitative estimate of drug-likeness (QED) is 0.552. The summed E-state index contributed by atoms with van der Waals surface area (Å²) in [5.41, 5.74) is 0.710. The summed E-state index contributed by atoms with van der Waals surface area (Å²) in [6, 6.07) is 0.263. The number of carbonyl (C=O) groups is 2. The van der Waals surface area contributed by atoms with Gasteiger partial charge in [0.2, 0.25) is 5.91 Å².